The van der Waals surface area contributed by atoms with Gasteiger partial charge >= 0.3 is 0 Å². The van der Waals surface area contributed by atoms with E-state index in [4.69, 9.17) is 4.42 Å². The molecule has 9 aromatic carbocycles. The third-order valence-corrected chi connectivity index (χ3v) is 12.8. The monoisotopic (exact) mass is 758 g/mol. The fourth-order valence-electron chi connectivity index (χ4n) is 8.96. The molecule has 12 aromatic rings. The van der Waals surface area contributed by atoms with E-state index < -0.39 is 0 Å². The lowest BCUT2D eigenvalue weighted by atomic mass is 9.98. The summed E-state index contributed by atoms with van der Waals surface area (Å²) in [5.74, 6) is 0. The van der Waals surface area contributed by atoms with Gasteiger partial charge < -0.3 is 13.9 Å². The first-order chi connectivity index (χ1) is 28.8. The average molecular weight is 759 g/mol. The lowest BCUT2D eigenvalue weighted by Gasteiger charge is -2.26. The fraction of sp³-hybridized carbons (Fsp3) is 0. The highest BCUT2D eigenvalue weighted by Crippen LogP contribution is 2.45. The van der Waals surface area contributed by atoms with Gasteiger partial charge in [0.2, 0.25) is 0 Å². The van der Waals surface area contributed by atoms with E-state index in [2.05, 4.69) is 210 Å². The van der Waals surface area contributed by atoms with Crippen LogP contribution in [0.15, 0.2) is 211 Å². The second kappa shape index (κ2) is 13.1. The Bertz CT molecular complexity index is 3460. The Morgan fingerprint density at radius 1 is 0.397 bits per heavy atom. The lowest BCUT2D eigenvalue weighted by molar-refractivity contribution is 0.669. The molecule has 0 aliphatic heterocycles. The van der Waals surface area contributed by atoms with Crippen LogP contribution < -0.4 is 4.90 Å². The molecule has 12 rings (SSSR count). The molecule has 0 saturated carbocycles. The van der Waals surface area contributed by atoms with Gasteiger partial charge in [-0.25, -0.2) is 0 Å². The molecule has 0 N–H and O–H groups in total. The summed E-state index contributed by atoms with van der Waals surface area (Å²) in [4.78, 5) is 2.38. The number of fused-ring (bicyclic) bond motifs is 9. The molecule has 0 aliphatic rings. The van der Waals surface area contributed by atoms with Crippen molar-refractivity contribution in [3.05, 3.63) is 206 Å². The Morgan fingerprint density at radius 3 is 1.74 bits per heavy atom. The van der Waals surface area contributed by atoms with Crippen molar-refractivity contribution in [2.45, 2.75) is 0 Å². The Hall–Kier alpha value is -7.40. The zero-order valence-electron chi connectivity index (χ0n) is 31.3. The molecule has 0 atom stereocenters. The number of anilines is 3. The summed E-state index contributed by atoms with van der Waals surface area (Å²) in [5.41, 5.74) is 13.4. The topological polar surface area (TPSA) is 21.3 Å². The minimum atomic E-state index is 0.878. The zero-order chi connectivity index (χ0) is 38.2. The standard InChI is InChI=1S/C54H34N2OS/c1-6-17-46(56-47-18-7-2-13-41(47)42-14-3-8-19-48(42)56)40(12-1)37-26-24-35(25-27-37)36-28-30-38(31-29-36)55(39-32-33-44-43-15-5-10-23-52(43)58-53(44)34-39)49-20-11-22-51-54(49)45-16-4-9-21-50(45)57-51/h1-34H. The van der Waals surface area contributed by atoms with Crippen LogP contribution in [0.1, 0.15) is 0 Å². The highest BCUT2D eigenvalue weighted by molar-refractivity contribution is 7.25. The molecule has 0 saturated heterocycles. The fourth-order valence-corrected chi connectivity index (χ4v) is 10.1. The molecule has 0 bridgehead atoms. The lowest BCUT2D eigenvalue weighted by Crippen LogP contribution is -2.10. The van der Waals surface area contributed by atoms with Crippen LogP contribution in [0, 0.1) is 0 Å². The van der Waals surface area contributed by atoms with E-state index >= 15 is 0 Å². The highest BCUT2D eigenvalue weighted by Gasteiger charge is 2.21. The Kier molecular flexibility index (Phi) is 7.40. The maximum absolute atomic E-state index is 6.38. The summed E-state index contributed by atoms with van der Waals surface area (Å²) in [7, 11) is 0. The number of thiophene rings is 1. The van der Waals surface area contributed by atoms with E-state index in [-0.39, 0.29) is 0 Å². The van der Waals surface area contributed by atoms with Gasteiger partial charge in [-0.05, 0) is 83.4 Å². The van der Waals surface area contributed by atoms with Crippen LogP contribution in [0.4, 0.5) is 17.1 Å². The SMILES string of the molecule is c1ccc(-n2c3ccccc3c3ccccc32)c(-c2ccc(-c3ccc(N(c4ccc5c(c4)sc4ccccc45)c4cccc5oc6ccccc6c45)cc3)cc2)c1. The van der Waals surface area contributed by atoms with Crippen LogP contribution in [0.2, 0.25) is 0 Å². The Morgan fingerprint density at radius 2 is 0.966 bits per heavy atom. The average Bonchev–Trinajstić information content (AvgIpc) is 3.97. The molecule has 3 nitrogen and oxygen atoms in total. The van der Waals surface area contributed by atoms with Crippen molar-refractivity contribution in [2.24, 2.45) is 0 Å². The van der Waals surface area contributed by atoms with Gasteiger partial charge in [0.1, 0.15) is 11.2 Å². The van der Waals surface area contributed by atoms with E-state index in [1.807, 2.05) is 17.4 Å². The van der Waals surface area contributed by atoms with Gasteiger partial charge in [0.25, 0.3) is 0 Å². The molecular weight excluding hydrogens is 725 g/mol. The largest absolute Gasteiger partial charge is 0.456 e. The summed E-state index contributed by atoms with van der Waals surface area (Å²) >= 11 is 1.84. The van der Waals surface area contributed by atoms with E-state index in [9.17, 15) is 0 Å². The summed E-state index contributed by atoms with van der Waals surface area (Å²) < 4.78 is 11.4. The molecule has 4 heteroatoms. The molecule has 272 valence electrons. The maximum atomic E-state index is 6.38. The molecule has 3 aromatic heterocycles. The van der Waals surface area contributed by atoms with E-state index in [0.29, 0.717) is 0 Å². The van der Waals surface area contributed by atoms with Crippen molar-refractivity contribution in [3.63, 3.8) is 0 Å². The molecule has 0 aliphatic carbocycles. The number of nitrogens with zero attached hydrogens (tertiary/aromatic N) is 2. The molecule has 0 fully saturated rings. The number of aromatic nitrogens is 1. The first-order valence-corrected chi connectivity index (χ1v) is 20.5. The summed E-state index contributed by atoms with van der Waals surface area (Å²) in [5, 5.41) is 7.33. The molecular formula is C54H34N2OS. The summed E-state index contributed by atoms with van der Waals surface area (Å²) in [6, 6.07) is 74.4. The minimum Gasteiger partial charge on any atom is -0.456 e. The predicted octanol–water partition coefficient (Wildman–Crippen LogP) is 15.9. The Balaban J connectivity index is 0.946. The van der Waals surface area contributed by atoms with Crippen molar-refractivity contribution < 1.29 is 4.42 Å². The van der Waals surface area contributed by atoms with Gasteiger partial charge in [-0.15, -0.1) is 11.3 Å². The predicted molar refractivity (Wildman–Crippen MR) is 247 cm³/mol. The van der Waals surface area contributed by atoms with Crippen molar-refractivity contribution in [1.82, 2.24) is 4.57 Å². The summed E-state index contributed by atoms with van der Waals surface area (Å²) in [6.07, 6.45) is 0. The van der Waals surface area contributed by atoms with Crippen molar-refractivity contribution in [1.29, 1.82) is 0 Å². The summed E-state index contributed by atoms with van der Waals surface area (Å²) in [6.45, 7) is 0. The first kappa shape index (κ1) is 32.8. The van der Waals surface area contributed by atoms with E-state index in [0.717, 1.165) is 44.6 Å². The van der Waals surface area contributed by atoms with Crippen molar-refractivity contribution in [2.75, 3.05) is 4.90 Å². The third-order valence-electron chi connectivity index (χ3n) is 11.6. The van der Waals surface area contributed by atoms with Crippen molar-refractivity contribution >= 4 is 92.3 Å². The van der Waals surface area contributed by atoms with Crippen LogP contribution in [0.3, 0.4) is 0 Å². The number of hydrogen-bond donors (Lipinski definition) is 0. The highest BCUT2D eigenvalue weighted by atomic mass is 32.1. The molecule has 0 spiro atoms. The number of hydrogen-bond acceptors (Lipinski definition) is 3. The van der Waals surface area contributed by atoms with Gasteiger partial charge in [0.05, 0.1) is 27.8 Å². The van der Waals surface area contributed by atoms with Gasteiger partial charge in [-0.3, -0.25) is 0 Å². The smallest absolute Gasteiger partial charge is 0.137 e. The number of benzene rings is 9. The third kappa shape index (κ3) is 5.12. The molecule has 0 amide bonds. The molecule has 0 unspecified atom stereocenters. The van der Waals surface area contributed by atoms with Crippen LogP contribution in [0.5, 0.6) is 0 Å². The normalized spacial score (nSPS) is 11.8. The second-order valence-electron chi connectivity index (χ2n) is 14.9. The quantitative estimate of drug-likeness (QED) is 0.168. The second-order valence-corrected chi connectivity index (χ2v) is 16.0. The van der Waals surface area contributed by atoms with Gasteiger partial charge in [0.15, 0.2) is 0 Å². The number of furan rings is 1. The van der Waals surface area contributed by atoms with Gasteiger partial charge in [-0.1, -0.05) is 140 Å². The number of rotatable bonds is 6. The van der Waals surface area contributed by atoms with Gasteiger partial charge in [0, 0.05) is 53.3 Å². The molecule has 0 radical (unpaired) electrons. The Labute approximate surface area is 338 Å². The minimum absolute atomic E-state index is 0.878. The molecule has 58 heavy (non-hydrogen) atoms. The number of para-hydroxylation sites is 4. The van der Waals surface area contributed by atoms with Gasteiger partial charge in [-0.2, -0.15) is 0 Å². The first-order valence-electron chi connectivity index (χ1n) is 19.7. The molecule has 3 heterocycles. The van der Waals surface area contributed by atoms with E-state index in [1.165, 1.54) is 64.4 Å². The van der Waals surface area contributed by atoms with Crippen LogP contribution in [-0.2, 0) is 0 Å². The van der Waals surface area contributed by atoms with E-state index in [1.54, 1.807) is 0 Å². The maximum Gasteiger partial charge on any atom is 0.137 e. The van der Waals surface area contributed by atoms with Crippen molar-refractivity contribution in [3.8, 4) is 27.9 Å². The zero-order valence-corrected chi connectivity index (χ0v) is 32.2. The van der Waals surface area contributed by atoms with Crippen LogP contribution >= 0.6 is 11.3 Å². The van der Waals surface area contributed by atoms with Crippen LogP contribution in [-0.4, -0.2) is 4.57 Å². The van der Waals surface area contributed by atoms with Crippen LogP contribution in [0.25, 0.3) is 91.9 Å².